The summed E-state index contributed by atoms with van der Waals surface area (Å²) in [7, 11) is 0. The Morgan fingerprint density at radius 2 is 1.88 bits per heavy atom. The molecule has 1 aliphatic rings. The number of anilines is 2. The van der Waals surface area contributed by atoms with E-state index in [1.165, 1.54) is 28.9 Å². The van der Waals surface area contributed by atoms with E-state index >= 15 is 0 Å². The van der Waals surface area contributed by atoms with E-state index in [2.05, 4.69) is 15.5 Å². The zero-order valence-corrected chi connectivity index (χ0v) is 16.8. The second-order valence-electron chi connectivity index (χ2n) is 6.93. The Balaban J connectivity index is 1.53. The highest BCUT2D eigenvalue weighted by atomic mass is 19.4. The summed E-state index contributed by atoms with van der Waals surface area (Å²) in [6.07, 6.45) is -3.67. The van der Waals surface area contributed by atoms with Crippen molar-refractivity contribution >= 4 is 23.6 Å². The minimum absolute atomic E-state index is 0.0720. The molecule has 2 aromatic carbocycles. The van der Waals surface area contributed by atoms with Crippen LogP contribution in [-0.2, 0) is 6.54 Å². The minimum Gasteiger partial charge on any atom is -0.326 e. The smallest absolute Gasteiger partial charge is 0.326 e. The molecule has 0 saturated carbocycles. The number of rotatable bonds is 5. The second kappa shape index (κ2) is 8.32. The van der Waals surface area contributed by atoms with Gasteiger partial charge in [-0.05, 0) is 60.1 Å². The molecule has 4 rings (SSSR count). The van der Waals surface area contributed by atoms with Gasteiger partial charge in [0.25, 0.3) is 5.91 Å². The molecule has 0 fully saturated rings. The number of benzene rings is 2. The number of hydrogen-bond acceptors (Lipinski definition) is 7. The zero-order valence-electron chi connectivity index (χ0n) is 16.8. The number of nitrogens with zero attached hydrogens (tertiary/aromatic N) is 5. The normalized spacial score (nSPS) is 14.0. The van der Waals surface area contributed by atoms with Crippen LogP contribution in [0.5, 0.6) is 0 Å². The lowest BCUT2D eigenvalue weighted by atomic mass is 10.2. The van der Waals surface area contributed by atoms with Crippen molar-refractivity contribution in [2.45, 2.75) is 19.8 Å². The molecule has 1 aromatic heterocycles. The third-order valence-corrected chi connectivity index (χ3v) is 4.62. The summed E-state index contributed by atoms with van der Waals surface area (Å²) >= 11 is 0. The molecule has 9 nitrogen and oxygen atoms in total. The first-order valence-corrected chi connectivity index (χ1v) is 9.48. The highest BCUT2D eigenvalue weighted by Gasteiger charge is 2.44. The molecule has 4 N–H and O–H groups in total. The summed E-state index contributed by atoms with van der Waals surface area (Å²) in [6.45, 7) is 2.12. The third kappa shape index (κ3) is 4.26. The Bertz CT molecular complexity index is 1160. The molecule has 0 saturated heterocycles. The largest absolute Gasteiger partial charge is 0.497 e. The van der Waals surface area contributed by atoms with E-state index in [-0.39, 0.29) is 10.8 Å². The number of nitrogens with one attached hydrogen (secondary N) is 2. The summed E-state index contributed by atoms with van der Waals surface area (Å²) in [5, 5.41) is 11.3. The predicted octanol–water partition coefficient (Wildman–Crippen LogP) is 2.90. The van der Waals surface area contributed by atoms with E-state index in [0.717, 1.165) is 16.9 Å². The number of carbonyl (C=O) groups is 1. The van der Waals surface area contributed by atoms with Crippen LogP contribution in [0.2, 0.25) is 0 Å². The van der Waals surface area contributed by atoms with E-state index in [4.69, 9.17) is 5.73 Å². The molecular weight excluding hydrogens is 425 g/mol. The van der Waals surface area contributed by atoms with Gasteiger partial charge in [0, 0.05) is 12.2 Å². The fourth-order valence-electron chi connectivity index (χ4n) is 3.16. The first-order valence-electron chi connectivity index (χ1n) is 9.48. The molecular formula is C20H19F3N8O. The number of halogens is 3. The number of amides is 1. The van der Waals surface area contributed by atoms with Crippen LogP contribution in [0.15, 0.2) is 59.7 Å². The van der Waals surface area contributed by atoms with Crippen LogP contribution in [0.4, 0.5) is 24.5 Å². The quantitative estimate of drug-likeness (QED) is 0.523. The zero-order chi connectivity index (χ0) is 22.9. The fraction of sp³-hybridized carbons (Fsp3) is 0.150. The Morgan fingerprint density at radius 1 is 1.12 bits per heavy atom. The van der Waals surface area contributed by atoms with E-state index in [9.17, 15) is 18.0 Å². The average Bonchev–Trinajstić information content (AvgIpc) is 3.41. The van der Waals surface area contributed by atoms with Gasteiger partial charge in [-0.3, -0.25) is 4.79 Å². The third-order valence-electron chi connectivity index (χ3n) is 4.62. The maximum absolute atomic E-state index is 13.0. The summed E-state index contributed by atoms with van der Waals surface area (Å²) in [5.41, 5.74) is 10.7. The predicted molar refractivity (Wildman–Crippen MR) is 113 cm³/mol. The van der Waals surface area contributed by atoms with E-state index < -0.39 is 12.2 Å². The highest BCUT2D eigenvalue weighted by Crippen LogP contribution is 2.28. The lowest BCUT2D eigenvalue weighted by Crippen LogP contribution is -2.52. The highest BCUT2D eigenvalue weighted by molar-refractivity contribution is 6.03. The fourth-order valence-corrected chi connectivity index (χ4v) is 3.16. The molecule has 0 bridgehead atoms. The molecule has 3 aromatic rings. The van der Waals surface area contributed by atoms with Crippen molar-refractivity contribution in [3.8, 4) is 5.69 Å². The van der Waals surface area contributed by atoms with Crippen LogP contribution in [0.3, 0.4) is 0 Å². The summed E-state index contributed by atoms with van der Waals surface area (Å²) in [4.78, 5) is 12.9. The number of nitrogens with two attached hydrogens (primary N) is 1. The van der Waals surface area contributed by atoms with Crippen molar-refractivity contribution in [3.05, 3.63) is 71.5 Å². The molecule has 12 heteroatoms. The molecule has 166 valence electrons. The molecule has 0 aliphatic carbocycles. The number of aryl methyl sites for hydroxylation is 1. The van der Waals surface area contributed by atoms with Gasteiger partial charge >= 0.3 is 6.30 Å². The lowest BCUT2D eigenvalue weighted by molar-refractivity contribution is -0.259. The van der Waals surface area contributed by atoms with Gasteiger partial charge in [-0.25, -0.2) is 15.2 Å². The van der Waals surface area contributed by atoms with Crippen LogP contribution in [-0.4, -0.2) is 33.4 Å². The molecule has 32 heavy (non-hydrogen) atoms. The molecule has 0 spiro atoms. The maximum atomic E-state index is 13.0. The molecule has 0 unspecified atom stereocenters. The minimum atomic E-state index is -4.67. The molecule has 1 aliphatic heterocycles. The van der Waals surface area contributed by atoms with E-state index in [0.29, 0.717) is 29.3 Å². The Morgan fingerprint density at radius 3 is 2.56 bits per heavy atom. The first-order chi connectivity index (χ1) is 15.3. The number of carbonyl (C=O) groups excluding carboxylic acids is 1. The standard InChI is InChI=1S/C20H19F3N8O/c1-13-9-18(30(27-13)17-4-2-3-14(10-17)11-24)19(32)26-15-5-7-16(8-6-15)29-12-25-28-31(29)20(21,22)23/h2-10,12,28H,11,24H2,1H3,(H,26,32). The molecule has 1 amide bonds. The number of hydrazine groups is 2. The second-order valence-corrected chi connectivity index (χ2v) is 6.93. The molecule has 0 radical (unpaired) electrons. The van der Waals surface area contributed by atoms with Gasteiger partial charge in [0.05, 0.1) is 17.1 Å². The average molecular weight is 444 g/mol. The lowest BCUT2D eigenvalue weighted by Gasteiger charge is -2.27. The van der Waals surface area contributed by atoms with Gasteiger partial charge in [0.2, 0.25) is 0 Å². The maximum Gasteiger partial charge on any atom is 0.497 e. The topological polar surface area (TPSA) is 104 Å². The SMILES string of the molecule is Cc1cc(C(=O)Nc2ccc(N3C=NNN3C(F)(F)F)cc2)n(-c2cccc(CN)c2)n1. The van der Waals surface area contributed by atoms with E-state index in [1.54, 1.807) is 13.0 Å². The van der Waals surface area contributed by atoms with E-state index in [1.807, 2.05) is 29.8 Å². The van der Waals surface area contributed by atoms with Crippen molar-refractivity contribution in [2.75, 3.05) is 10.3 Å². The van der Waals surface area contributed by atoms with Crippen LogP contribution in [0, 0.1) is 6.92 Å². The van der Waals surface area contributed by atoms with Gasteiger partial charge in [-0.15, -0.1) is 0 Å². The monoisotopic (exact) mass is 444 g/mol. The number of hydrogen-bond donors (Lipinski definition) is 3. The number of alkyl halides is 3. The molecule has 2 heterocycles. The first kappa shape index (κ1) is 21.3. The molecule has 0 atom stereocenters. The van der Waals surface area contributed by atoms with Gasteiger partial charge < -0.3 is 11.1 Å². The van der Waals surface area contributed by atoms with Gasteiger partial charge in [0.15, 0.2) is 0 Å². The number of hydrazone groups is 1. The van der Waals surface area contributed by atoms with Crippen molar-refractivity contribution in [3.63, 3.8) is 0 Å². The Kier molecular flexibility index (Phi) is 5.55. The van der Waals surface area contributed by atoms with Crippen LogP contribution >= 0.6 is 0 Å². The van der Waals surface area contributed by atoms with Crippen molar-refractivity contribution in [1.82, 2.24) is 20.4 Å². The van der Waals surface area contributed by atoms with Crippen LogP contribution in [0.1, 0.15) is 21.7 Å². The number of aromatic nitrogens is 2. The van der Waals surface area contributed by atoms with Crippen molar-refractivity contribution < 1.29 is 18.0 Å². The Labute approximate surface area is 180 Å². The summed E-state index contributed by atoms with van der Waals surface area (Å²) in [6, 6.07) is 14.9. The summed E-state index contributed by atoms with van der Waals surface area (Å²) in [5.74, 6) is -0.419. The van der Waals surface area contributed by atoms with Crippen molar-refractivity contribution in [2.24, 2.45) is 10.8 Å². The van der Waals surface area contributed by atoms with Crippen LogP contribution in [0.25, 0.3) is 5.69 Å². The van der Waals surface area contributed by atoms with Crippen molar-refractivity contribution in [1.29, 1.82) is 0 Å². The van der Waals surface area contributed by atoms with Gasteiger partial charge in [-0.1, -0.05) is 12.1 Å². The van der Waals surface area contributed by atoms with Gasteiger partial charge in [-0.2, -0.15) is 23.4 Å². The summed E-state index contributed by atoms with van der Waals surface area (Å²) < 4.78 is 40.6. The van der Waals surface area contributed by atoms with Crippen LogP contribution < -0.4 is 21.6 Å². The Hall–Kier alpha value is -3.90. The van der Waals surface area contributed by atoms with Gasteiger partial charge in [0.1, 0.15) is 12.0 Å².